The Hall–Kier alpha value is -2.57. The summed E-state index contributed by atoms with van der Waals surface area (Å²) in [7, 11) is -3.65. The average molecular weight is 316 g/mol. The maximum atomic E-state index is 12.1. The van der Waals surface area contributed by atoms with Gasteiger partial charge < -0.3 is 5.32 Å². The summed E-state index contributed by atoms with van der Waals surface area (Å²) in [6, 6.07) is 7.59. The molecule has 0 atom stereocenters. The van der Waals surface area contributed by atoms with E-state index in [4.69, 9.17) is 11.7 Å². The predicted octanol–water partition coefficient (Wildman–Crippen LogP) is 1.52. The summed E-state index contributed by atoms with van der Waals surface area (Å²) < 4.78 is 23.8. The van der Waals surface area contributed by atoms with E-state index >= 15 is 0 Å². The molecule has 0 fully saturated rings. The van der Waals surface area contributed by atoms with Crippen molar-refractivity contribution in [1.82, 2.24) is 5.32 Å². The number of amides is 1. The van der Waals surface area contributed by atoms with E-state index in [1.165, 1.54) is 12.1 Å². The van der Waals surface area contributed by atoms with E-state index < -0.39 is 15.3 Å². The molecule has 0 unspecified atom stereocenters. The van der Waals surface area contributed by atoms with Crippen LogP contribution in [0.5, 0.6) is 0 Å². The first-order chi connectivity index (χ1) is 10.3. The van der Waals surface area contributed by atoms with E-state index in [0.29, 0.717) is 5.56 Å². The van der Waals surface area contributed by atoms with Crippen molar-refractivity contribution >= 4 is 15.7 Å². The number of carbonyl (C=O) groups is 1. The molecule has 0 aliphatic rings. The van der Waals surface area contributed by atoms with E-state index in [1.54, 1.807) is 32.0 Å². The summed E-state index contributed by atoms with van der Waals surface area (Å²) in [5, 5.41) is 11.8. The lowest BCUT2D eigenvalue weighted by molar-refractivity contribution is -0.125. The summed E-state index contributed by atoms with van der Waals surface area (Å²) in [6.45, 7) is 3.57. The Labute approximate surface area is 130 Å². The van der Waals surface area contributed by atoms with E-state index in [2.05, 4.69) is 11.2 Å². The highest BCUT2D eigenvalue weighted by Crippen LogP contribution is 2.25. The van der Waals surface area contributed by atoms with Gasteiger partial charge in [0, 0.05) is 11.5 Å². The summed E-state index contributed by atoms with van der Waals surface area (Å²) in [6.07, 6.45) is 6.01. The third kappa shape index (κ3) is 3.97. The van der Waals surface area contributed by atoms with E-state index in [9.17, 15) is 13.2 Å². The largest absolute Gasteiger partial charge is 0.344 e. The first-order valence-electron chi connectivity index (χ1n) is 6.39. The second-order valence-corrected chi connectivity index (χ2v) is 6.85. The van der Waals surface area contributed by atoms with Gasteiger partial charge in [-0.1, -0.05) is 18.1 Å². The Morgan fingerprint density at radius 2 is 1.95 bits per heavy atom. The zero-order valence-electron chi connectivity index (χ0n) is 12.3. The highest BCUT2D eigenvalue weighted by molar-refractivity contribution is 7.94. The molecule has 6 heteroatoms. The van der Waals surface area contributed by atoms with Crippen molar-refractivity contribution in [3.8, 4) is 18.4 Å². The number of benzene rings is 1. The third-order valence-electron chi connectivity index (χ3n) is 3.14. The van der Waals surface area contributed by atoms with Crippen LogP contribution in [0.15, 0.2) is 40.6 Å². The Bertz CT molecular complexity index is 761. The summed E-state index contributed by atoms with van der Waals surface area (Å²) in [5.41, 5.74) is -0.188. The van der Waals surface area contributed by atoms with Crippen molar-refractivity contribution in [2.75, 3.05) is 6.54 Å². The lowest BCUT2D eigenvalue weighted by Gasteiger charge is -2.23. The van der Waals surface area contributed by atoms with E-state index in [0.717, 1.165) is 11.5 Å². The Kier molecular flexibility index (Phi) is 5.50. The second-order valence-electron chi connectivity index (χ2n) is 5.01. The third-order valence-corrected chi connectivity index (χ3v) is 4.57. The zero-order valence-corrected chi connectivity index (χ0v) is 13.1. The van der Waals surface area contributed by atoms with Crippen LogP contribution in [0.3, 0.4) is 0 Å². The van der Waals surface area contributed by atoms with E-state index in [1.807, 2.05) is 0 Å². The molecule has 1 N–H and O–H groups in total. The molecule has 22 heavy (non-hydrogen) atoms. The molecule has 1 rings (SSSR count). The SMILES string of the molecule is C#CCNC(=O)C(C)(C)c1ccc(S(=O)(=O)C=CC#N)cc1. The molecule has 0 bridgehead atoms. The minimum absolute atomic E-state index is 0.0579. The van der Waals surface area contributed by atoms with Crippen LogP contribution in [-0.4, -0.2) is 20.9 Å². The second kappa shape index (κ2) is 6.93. The molecule has 1 amide bonds. The number of sulfone groups is 1. The lowest BCUT2D eigenvalue weighted by Crippen LogP contribution is -2.40. The molecular weight excluding hydrogens is 300 g/mol. The fourth-order valence-corrected chi connectivity index (χ4v) is 2.66. The van der Waals surface area contributed by atoms with E-state index in [-0.39, 0.29) is 17.3 Å². The first kappa shape index (κ1) is 17.5. The van der Waals surface area contributed by atoms with Gasteiger partial charge in [-0.25, -0.2) is 8.42 Å². The normalized spacial score (nSPS) is 11.6. The number of nitrogens with zero attached hydrogens (tertiary/aromatic N) is 1. The van der Waals surface area contributed by atoms with Crippen LogP contribution in [-0.2, 0) is 20.0 Å². The van der Waals surface area contributed by atoms with Crippen molar-refractivity contribution < 1.29 is 13.2 Å². The molecule has 0 aliphatic heterocycles. The number of hydrogen-bond acceptors (Lipinski definition) is 4. The quantitative estimate of drug-likeness (QED) is 0.659. The Morgan fingerprint density at radius 3 is 2.45 bits per heavy atom. The summed E-state index contributed by atoms with van der Waals surface area (Å²) in [4.78, 5) is 12.1. The fraction of sp³-hybridized carbons (Fsp3) is 0.250. The van der Waals surface area contributed by atoms with Crippen molar-refractivity contribution in [2.24, 2.45) is 0 Å². The maximum Gasteiger partial charge on any atom is 0.230 e. The van der Waals surface area contributed by atoms with Gasteiger partial charge in [-0.05, 0) is 31.5 Å². The van der Waals surface area contributed by atoms with Gasteiger partial charge in [-0.3, -0.25) is 4.79 Å². The topological polar surface area (TPSA) is 87.0 Å². The van der Waals surface area contributed by atoms with Gasteiger partial charge in [0.25, 0.3) is 0 Å². The van der Waals surface area contributed by atoms with Gasteiger partial charge >= 0.3 is 0 Å². The average Bonchev–Trinajstić information content (AvgIpc) is 2.50. The molecule has 1 aromatic rings. The van der Waals surface area contributed by atoms with Gasteiger partial charge in [-0.2, -0.15) is 5.26 Å². The number of hydrogen-bond donors (Lipinski definition) is 1. The van der Waals surface area contributed by atoms with Crippen LogP contribution in [0.25, 0.3) is 0 Å². The molecule has 0 aromatic heterocycles. The molecule has 0 saturated heterocycles. The molecule has 1 aromatic carbocycles. The highest BCUT2D eigenvalue weighted by atomic mass is 32.2. The van der Waals surface area contributed by atoms with Crippen LogP contribution in [0, 0.1) is 23.7 Å². The molecule has 114 valence electrons. The molecule has 0 saturated carbocycles. The number of rotatable bonds is 5. The number of nitriles is 1. The standard InChI is InChI=1S/C16H16N2O3S/c1-4-11-18-15(19)16(2,3)13-6-8-14(9-7-13)22(20,21)12-5-10-17/h1,5-9,12H,11H2,2-3H3,(H,18,19). The minimum atomic E-state index is -3.65. The zero-order chi connectivity index (χ0) is 16.8. The molecule has 0 heterocycles. The van der Waals surface area contributed by atoms with Crippen molar-refractivity contribution in [3.63, 3.8) is 0 Å². The van der Waals surface area contributed by atoms with Crippen molar-refractivity contribution in [2.45, 2.75) is 24.2 Å². The number of carbonyl (C=O) groups excluding carboxylic acids is 1. The maximum absolute atomic E-state index is 12.1. The molecule has 0 radical (unpaired) electrons. The van der Waals surface area contributed by atoms with Gasteiger partial charge in [0.05, 0.1) is 22.9 Å². The van der Waals surface area contributed by atoms with Gasteiger partial charge in [0.15, 0.2) is 0 Å². The van der Waals surface area contributed by atoms with Crippen LogP contribution in [0.4, 0.5) is 0 Å². The van der Waals surface area contributed by atoms with Crippen LogP contribution in [0.2, 0.25) is 0 Å². The predicted molar refractivity (Wildman–Crippen MR) is 83.2 cm³/mol. The van der Waals surface area contributed by atoms with Gasteiger partial charge in [0.2, 0.25) is 15.7 Å². The molecular formula is C16H16N2O3S. The van der Waals surface area contributed by atoms with Crippen molar-refractivity contribution in [1.29, 1.82) is 5.26 Å². The molecule has 0 aliphatic carbocycles. The number of allylic oxidation sites excluding steroid dienone is 1. The minimum Gasteiger partial charge on any atom is -0.344 e. The van der Waals surface area contributed by atoms with Crippen molar-refractivity contribution in [3.05, 3.63) is 41.3 Å². The molecule has 5 nitrogen and oxygen atoms in total. The monoisotopic (exact) mass is 316 g/mol. The highest BCUT2D eigenvalue weighted by Gasteiger charge is 2.29. The Morgan fingerprint density at radius 1 is 1.36 bits per heavy atom. The van der Waals surface area contributed by atoms with Crippen LogP contribution >= 0.6 is 0 Å². The molecule has 0 spiro atoms. The first-order valence-corrected chi connectivity index (χ1v) is 7.94. The summed E-state index contributed by atoms with van der Waals surface area (Å²) >= 11 is 0. The Balaban J connectivity index is 3.08. The number of nitrogens with one attached hydrogen (secondary N) is 1. The smallest absolute Gasteiger partial charge is 0.230 e. The fourth-order valence-electron chi connectivity index (χ4n) is 1.74. The van der Waals surface area contributed by atoms with Crippen LogP contribution in [0.1, 0.15) is 19.4 Å². The van der Waals surface area contributed by atoms with Gasteiger partial charge in [0.1, 0.15) is 0 Å². The lowest BCUT2D eigenvalue weighted by atomic mass is 9.84. The summed E-state index contributed by atoms with van der Waals surface area (Å²) in [5.74, 6) is 2.08. The van der Waals surface area contributed by atoms with Crippen LogP contribution < -0.4 is 5.32 Å². The van der Waals surface area contributed by atoms with Gasteiger partial charge in [-0.15, -0.1) is 6.42 Å². The number of terminal acetylenes is 1.